The molecule has 1 aliphatic carbocycles. The van der Waals surface area contributed by atoms with E-state index in [4.69, 9.17) is 4.74 Å². The number of ether oxygens (including phenoxy) is 1. The van der Waals surface area contributed by atoms with Crippen LogP contribution in [0.1, 0.15) is 58.8 Å². The fraction of sp³-hybridized carbons (Fsp3) is 1.00. The number of hydrogen-bond acceptors (Lipinski definition) is 3. The van der Waals surface area contributed by atoms with Crippen molar-refractivity contribution in [1.29, 1.82) is 0 Å². The summed E-state index contributed by atoms with van der Waals surface area (Å²) in [5.41, 5.74) is 0. The van der Waals surface area contributed by atoms with Gasteiger partial charge in [-0.15, -0.1) is 0 Å². The Morgan fingerprint density at radius 2 is 1.84 bits per heavy atom. The van der Waals surface area contributed by atoms with Crippen LogP contribution in [0.15, 0.2) is 0 Å². The molecule has 1 saturated carbocycles. The summed E-state index contributed by atoms with van der Waals surface area (Å²) in [5, 5.41) is 3.59. The lowest BCUT2D eigenvalue weighted by atomic mass is 10.1. The summed E-state index contributed by atoms with van der Waals surface area (Å²) < 4.78 is 5.24. The predicted octanol–water partition coefficient (Wildman–Crippen LogP) is 3.05. The van der Waals surface area contributed by atoms with E-state index < -0.39 is 0 Å². The van der Waals surface area contributed by atoms with Gasteiger partial charge in [0, 0.05) is 25.7 Å². The fourth-order valence-electron chi connectivity index (χ4n) is 2.70. The van der Waals surface area contributed by atoms with E-state index in [1.807, 2.05) is 0 Å². The van der Waals surface area contributed by atoms with Gasteiger partial charge in [0.25, 0.3) is 0 Å². The van der Waals surface area contributed by atoms with E-state index >= 15 is 0 Å². The SMILES string of the molecule is CCC(CC)N(CCCCCNC1CC1)CCOC. The third-order valence-electron chi connectivity index (χ3n) is 4.17. The van der Waals surface area contributed by atoms with Crippen LogP contribution in [0.25, 0.3) is 0 Å². The van der Waals surface area contributed by atoms with Crippen LogP contribution in [0.4, 0.5) is 0 Å². The highest BCUT2D eigenvalue weighted by molar-refractivity contribution is 4.80. The Morgan fingerprint density at radius 3 is 2.42 bits per heavy atom. The molecule has 1 fully saturated rings. The molecular weight excluding hydrogens is 236 g/mol. The van der Waals surface area contributed by atoms with Crippen LogP contribution < -0.4 is 5.32 Å². The lowest BCUT2D eigenvalue weighted by molar-refractivity contribution is 0.113. The molecule has 0 amide bonds. The van der Waals surface area contributed by atoms with Crippen molar-refractivity contribution in [2.75, 3.05) is 33.4 Å². The number of nitrogens with zero attached hydrogens (tertiary/aromatic N) is 1. The van der Waals surface area contributed by atoms with Gasteiger partial charge >= 0.3 is 0 Å². The summed E-state index contributed by atoms with van der Waals surface area (Å²) in [7, 11) is 1.80. The Balaban J connectivity index is 2.07. The fourth-order valence-corrected chi connectivity index (χ4v) is 2.70. The third-order valence-corrected chi connectivity index (χ3v) is 4.17. The van der Waals surface area contributed by atoms with Gasteiger partial charge in [0.2, 0.25) is 0 Å². The Labute approximate surface area is 120 Å². The van der Waals surface area contributed by atoms with Crippen molar-refractivity contribution in [2.24, 2.45) is 0 Å². The van der Waals surface area contributed by atoms with Gasteiger partial charge in [-0.3, -0.25) is 4.90 Å². The van der Waals surface area contributed by atoms with Crippen LogP contribution in [0, 0.1) is 0 Å². The molecule has 0 aromatic rings. The maximum atomic E-state index is 5.24. The summed E-state index contributed by atoms with van der Waals surface area (Å²) in [6, 6.07) is 1.60. The maximum absolute atomic E-state index is 5.24. The van der Waals surface area contributed by atoms with Crippen LogP contribution in [0.3, 0.4) is 0 Å². The average molecular weight is 270 g/mol. The molecule has 0 unspecified atom stereocenters. The Morgan fingerprint density at radius 1 is 1.11 bits per heavy atom. The molecule has 0 saturated heterocycles. The number of methoxy groups -OCH3 is 1. The molecule has 0 atom stereocenters. The van der Waals surface area contributed by atoms with E-state index in [1.165, 1.54) is 58.0 Å². The smallest absolute Gasteiger partial charge is 0.0589 e. The van der Waals surface area contributed by atoms with Crippen LogP contribution in [0.2, 0.25) is 0 Å². The first-order valence-electron chi connectivity index (χ1n) is 8.28. The Bertz CT molecular complexity index is 203. The van der Waals surface area contributed by atoms with E-state index in [9.17, 15) is 0 Å². The predicted molar refractivity (Wildman–Crippen MR) is 82.7 cm³/mol. The molecule has 0 radical (unpaired) electrons. The number of nitrogens with one attached hydrogen (secondary N) is 1. The highest BCUT2D eigenvalue weighted by atomic mass is 16.5. The molecule has 3 heteroatoms. The molecule has 19 heavy (non-hydrogen) atoms. The van der Waals surface area contributed by atoms with Crippen molar-refractivity contribution < 1.29 is 4.74 Å². The van der Waals surface area contributed by atoms with Crippen molar-refractivity contribution in [3.8, 4) is 0 Å². The second-order valence-electron chi connectivity index (χ2n) is 5.79. The highest BCUT2D eigenvalue weighted by Crippen LogP contribution is 2.18. The summed E-state index contributed by atoms with van der Waals surface area (Å²) in [4.78, 5) is 2.62. The Hall–Kier alpha value is -0.120. The van der Waals surface area contributed by atoms with Crippen molar-refractivity contribution in [1.82, 2.24) is 10.2 Å². The average Bonchev–Trinajstić information content (AvgIpc) is 3.24. The second-order valence-corrected chi connectivity index (χ2v) is 5.79. The van der Waals surface area contributed by atoms with Gasteiger partial charge in [-0.2, -0.15) is 0 Å². The zero-order valence-corrected chi connectivity index (χ0v) is 13.3. The topological polar surface area (TPSA) is 24.5 Å². The summed E-state index contributed by atoms with van der Waals surface area (Å²) in [6.45, 7) is 9.00. The van der Waals surface area contributed by atoms with E-state index in [-0.39, 0.29) is 0 Å². The molecule has 114 valence electrons. The minimum atomic E-state index is 0.736. The van der Waals surface area contributed by atoms with Crippen molar-refractivity contribution in [2.45, 2.75) is 70.9 Å². The van der Waals surface area contributed by atoms with Crippen LogP contribution in [-0.2, 0) is 4.74 Å². The quantitative estimate of drug-likeness (QED) is 0.521. The van der Waals surface area contributed by atoms with Crippen LogP contribution in [0.5, 0.6) is 0 Å². The first-order valence-corrected chi connectivity index (χ1v) is 8.28. The molecular formula is C16H34N2O. The minimum Gasteiger partial charge on any atom is -0.383 e. The van der Waals surface area contributed by atoms with Gasteiger partial charge in [0.1, 0.15) is 0 Å². The van der Waals surface area contributed by atoms with Gasteiger partial charge < -0.3 is 10.1 Å². The zero-order chi connectivity index (χ0) is 13.9. The highest BCUT2D eigenvalue weighted by Gasteiger charge is 2.19. The van der Waals surface area contributed by atoms with Crippen LogP contribution >= 0.6 is 0 Å². The van der Waals surface area contributed by atoms with E-state index in [0.717, 1.165) is 25.2 Å². The molecule has 1 rings (SSSR count). The van der Waals surface area contributed by atoms with Gasteiger partial charge in [0.05, 0.1) is 6.61 Å². The van der Waals surface area contributed by atoms with Crippen LogP contribution in [-0.4, -0.2) is 50.3 Å². The molecule has 0 bridgehead atoms. The van der Waals surface area contributed by atoms with E-state index in [0.29, 0.717) is 0 Å². The lowest BCUT2D eigenvalue weighted by Gasteiger charge is -2.30. The first-order chi connectivity index (χ1) is 9.31. The Kier molecular flexibility index (Phi) is 9.48. The van der Waals surface area contributed by atoms with Crippen molar-refractivity contribution in [3.05, 3.63) is 0 Å². The standard InChI is InChI=1S/C16H34N2O/c1-4-16(5-2)18(13-14-19-3)12-8-6-7-11-17-15-9-10-15/h15-17H,4-14H2,1-3H3. The molecule has 0 heterocycles. The molecule has 0 aliphatic heterocycles. The molecule has 0 spiro atoms. The van der Waals surface area contributed by atoms with Gasteiger partial charge in [0.15, 0.2) is 0 Å². The molecule has 3 nitrogen and oxygen atoms in total. The van der Waals surface area contributed by atoms with Crippen molar-refractivity contribution >= 4 is 0 Å². The molecule has 0 aromatic carbocycles. The molecule has 0 aromatic heterocycles. The zero-order valence-electron chi connectivity index (χ0n) is 13.3. The summed E-state index contributed by atoms with van der Waals surface area (Å²) in [6.07, 6.45) is 9.32. The minimum absolute atomic E-state index is 0.736. The van der Waals surface area contributed by atoms with E-state index in [1.54, 1.807) is 7.11 Å². The van der Waals surface area contributed by atoms with Gasteiger partial charge in [-0.1, -0.05) is 20.3 Å². The number of hydrogen-bond donors (Lipinski definition) is 1. The number of rotatable bonds is 13. The summed E-state index contributed by atoms with van der Waals surface area (Å²) in [5.74, 6) is 0. The largest absolute Gasteiger partial charge is 0.383 e. The first kappa shape index (κ1) is 16.9. The third kappa shape index (κ3) is 7.91. The molecule has 1 aliphatic rings. The second kappa shape index (κ2) is 10.6. The van der Waals surface area contributed by atoms with Gasteiger partial charge in [-0.05, 0) is 51.6 Å². The summed E-state index contributed by atoms with van der Waals surface area (Å²) >= 11 is 0. The normalized spacial score (nSPS) is 15.6. The monoisotopic (exact) mass is 270 g/mol. The number of unbranched alkanes of at least 4 members (excludes halogenated alkanes) is 2. The van der Waals surface area contributed by atoms with E-state index in [2.05, 4.69) is 24.1 Å². The maximum Gasteiger partial charge on any atom is 0.0589 e. The molecule has 1 N–H and O–H groups in total. The lowest BCUT2D eigenvalue weighted by Crippen LogP contribution is -2.37. The van der Waals surface area contributed by atoms with Gasteiger partial charge in [-0.25, -0.2) is 0 Å². The van der Waals surface area contributed by atoms with Crippen molar-refractivity contribution in [3.63, 3.8) is 0 Å².